The summed E-state index contributed by atoms with van der Waals surface area (Å²) in [7, 11) is 0. The van der Waals surface area contributed by atoms with Crippen molar-refractivity contribution in [2.24, 2.45) is 0 Å². The van der Waals surface area contributed by atoms with Crippen LogP contribution < -0.4 is 16.4 Å². The quantitative estimate of drug-likeness (QED) is 0.190. The van der Waals surface area contributed by atoms with E-state index in [1.165, 1.54) is 11.8 Å². The Balaban J connectivity index is 1.27. The van der Waals surface area contributed by atoms with Gasteiger partial charge in [-0.05, 0) is 55.0 Å². The Hall–Kier alpha value is -4.82. The number of carbonyl (C=O) groups is 1. The first-order valence-corrected chi connectivity index (χ1v) is 11.9. The van der Waals surface area contributed by atoms with Crippen LogP contribution in [0, 0.1) is 18.3 Å². The number of hydrogen-bond donors (Lipinski definition) is 4. The third kappa shape index (κ3) is 4.98. The van der Waals surface area contributed by atoms with Crippen molar-refractivity contribution < 1.29 is 4.79 Å². The molecule has 0 radical (unpaired) electrons. The van der Waals surface area contributed by atoms with Crippen molar-refractivity contribution in [3.05, 3.63) is 89.2 Å². The summed E-state index contributed by atoms with van der Waals surface area (Å²) in [5.74, 6) is 1.66. The average Bonchev–Trinajstić information content (AvgIpc) is 3.53. The zero-order valence-electron chi connectivity index (χ0n) is 19.2. The third-order valence-electron chi connectivity index (χ3n) is 5.34. The summed E-state index contributed by atoms with van der Waals surface area (Å²) in [6.45, 7) is 1.93. The van der Waals surface area contributed by atoms with E-state index in [0.717, 1.165) is 16.8 Å². The van der Waals surface area contributed by atoms with Crippen molar-refractivity contribution in [3.63, 3.8) is 0 Å². The number of hydrogen-bond acceptors (Lipinski definition) is 8. The molecule has 2 aromatic carbocycles. The number of aromatic amines is 1. The highest BCUT2D eigenvalue weighted by molar-refractivity contribution is 7.98. The molecule has 5 N–H and O–H groups in total. The van der Waals surface area contributed by atoms with Gasteiger partial charge >= 0.3 is 0 Å². The van der Waals surface area contributed by atoms with Crippen LogP contribution in [0.25, 0.3) is 5.52 Å². The number of thioether (sulfide) groups is 1. The number of anilines is 4. The normalized spacial score (nSPS) is 10.8. The van der Waals surface area contributed by atoms with Crippen molar-refractivity contribution in [2.75, 3.05) is 16.4 Å². The molecule has 0 saturated carbocycles. The number of H-pyrrole nitrogens is 1. The van der Waals surface area contributed by atoms with Crippen LogP contribution in [0.5, 0.6) is 0 Å². The molecule has 0 aliphatic carbocycles. The summed E-state index contributed by atoms with van der Waals surface area (Å²) in [5, 5.41) is 27.4. The maximum Gasteiger partial charge on any atom is 0.255 e. The molecule has 0 unspecified atom stereocenters. The van der Waals surface area contributed by atoms with Gasteiger partial charge in [0.2, 0.25) is 5.16 Å². The molecule has 3 heterocycles. The molecule has 0 spiro atoms. The lowest BCUT2D eigenvalue weighted by Gasteiger charge is -2.09. The van der Waals surface area contributed by atoms with E-state index in [1.54, 1.807) is 34.8 Å². The number of fused-ring (bicyclic) bond motifs is 1. The van der Waals surface area contributed by atoms with Crippen LogP contribution in [-0.4, -0.2) is 30.7 Å². The highest BCUT2D eigenvalue weighted by Gasteiger charge is 2.12. The van der Waals surface area contributed by atoms with E-state index in [9.17, 15) is 4.79 Å². The molecule has 0 aliphatic heterocycles. The average molecular weight is 496 g/mol. The lowest BCUT2D eigenvalue weighted by Crippen LogP contribution is -2.13. The molecule has 5 rings (SSSR count). The number of aromatic nitrogens is 5. The highest BCUT2D eigenvalue weighted by atomic mass is 32.2. The number of aryl methyl sites for hydroxylation is 1. The second-order valence-electron chi connectivity index (χ2n) is 8.00. The second kappa shape index (κ2) is 9.81. The SMILES string of the molecule is Cc1cc(Nc2nc(SCc3ccc(C(=O)Nc4cc(C#N)ccc4N)cc3)nn3cccc23)n[nH]1. The van der Waals surface area contributed by atoms with Crippen LogP contribution in [0.15, 0.2) is 72.0 Å². The second-order valence-corrected chi connectivity index (χ2v) is 8.94. The molecule has 10 nitrogen and oxygen atoms in total. The first kappa shape index (κ1) is 22.9. The van der Waals surface area contributed by atoms with Crippen molar-refractivity contribution in [1.29, 1.82) is 5.26 Å². The molecule has 11 heteroatoms. The van der Waals surface area contributed by atoms with Crippen molar-refractivity contribution in [2.45, 2.75) is 17.8 Å². The van der Waals surface area contributed by atoms with E-state index in [0.29, 0.717) is 45.0 Å². The molecule has 0 fully saturated rings. The number of rotatable bonds is 7. The Labute approximate surface area is 210 Å². The predicted molar refractivity (Wildman–Crippen MR) is 139 cm³/mol. The number of nitrogens with one attached hydrogen (secondary N) is 3. The Bertz CT molecular complexity index is 1600. The summed E-state index contributed by atoms with van der Waals surface area (Å²) in [6, 6.07) is 19.8. The predicted octanol–water partition coefficient (Wildman–Crippen LogP) is 4.50. The molecular formula is C25H21N9OS. The van der Waals surface area contributed by atoms with Gasteiger partial charge in [-0.1, -0.05) is 23.9 Å². The number of amides is 1. The minimum absolute atomic E-state index is 0.304. The van der Waals surface area contributed by atoms with Gasteiger partial charge in [0.15, 0.2) is 11.6 Å². The first-order valence-electron chi connectivity index (χ1n) is 11.0. The number of nitrogens with two attached hydrogens (primary N) is 1. The van der Waals surface area contributed by atoms with E-state index in [-0.39, 0.29) is 5.91 Å². The Morgan fingerprint density at radius 3 is 2.78 bits per heavy atom. The molecular weight excluding hydrogens is 474 g/mol. The number of nitrogen functional groups attached to an aromatic ring is 1. The van der Waals surface area contributed by atoms with Crippen molar-refractivity contribution >= 4 is 46.2 Å². The van der Waals surface area contributed by atoms with E-state index in [2.05, 4.69) is 30.9 Å². The Morgan fingerprint density at radius 1 is 1.19 bits per heavy atom. The van der Waals surface area contributed by atoms with Crippen molar-refractivity contribution in [3.8, 4) is 6.07 Å². The standard InChI is InChI=1S/C25H21N9OS/c1-15-11-22(32-31-15)29-23-21-3-2-10-34(21)33-25(30-23)36-14-16-4-7-18(8-5-16)24(35)28-20-12-17(13-26)6-9-19(20)27/h2-12H,14,27H2,1H3,(H,28,35)(H2,29,30,31,32,33). The van der Waals surface area contributed by atoms with E-state index in [1.807, 2.05) is 49.5 Å². The van der Waals surface area contributed by atoms with Gasteiger partial charge in [-0.3, -0.25) is 9.89 Å². The topological polar surface area (TPSA) is 150 Å². The maximum atomic E-state index is 12.7. The molecule has 3 aromatic heterocycles. The lowest BCUT2D eigenvalue weighted by atomic mass is 10.1. The molecule has 0 bridgehead atoms. The minimum Gasteiger partial charge on any atom is -0.397 e. The van der Waals surface area contributed by atoms with Crippen LogP contribution >= 0.6 is 11.8 Å². The Kier molecular flexibility index (Phi) is 6.25. The van der Waals surface area contributed by atoms with Gasteiger partial charge < -0.3 is 16.4 Å². The monoisotopic (exact) mass is 495 g/mol. The Morgan fingerprint density at radius 2 is 2.03 bits per heavy atom. The van der Waals surface area contributed by atoms with Crippen LogP contribution in [0.1, 0.15) is 27.2 Å². The highest BCUT2D eigenvalue weighted by Crippen LogP contribution is 2.25. The fourth-order valence-electron chi connectivity index (χ4n) is 3.50. The van der Waals surface area contributed by atoms with Gasteiger partial charge in [0, 0.05) is 29.3 Å². The molecule has 178 valence electrons. The van der Waals surface area contributed by atoms with Gasteiger partial charge in [0.1, 0.15) is 5.52 Å². The zero-order valence-corrected chi connectivity index (χ0v) is 20.0. The fourth-order valence-corrected chi connectivity index (χ4v) is 4.29. The smallest absolute Gasteiger partial charge is 0.255 e. The van der Waals surface area contributed by atoms with Gasteiger partial charge in [-0.15, -0.1) is 5.10 Å². The lowest BCUT2D eigenvalue weighted by molar-refractivity contribution is 0.102. The molecule has 36 heavy (non-hydrogen) atoms. The van der Waals surface area contributed by atoms with Crippen LogP contribution in [0.2, 0.25) is 0 Å². The largest absolute Gasteiger partial charge is 0.397 e. The zero-order chi connectivity index (χ0) is 25.1. The summed E-state index contributed by atoms with van der Waals surface area (Å²) in [4.78, 5) is 17.3. The number of nitriles is 1. The maximum absolute atomic E-state index is 12.7. The van der Waals surface area contributed by atoms with Crippen LogP contribution in [0.4, 0.5) is 23.0 Å². The summed E-state index contributed by atoms with van der Waals surface area (Å²) < 4.78 is 1.78. The minimum atomic E-state index is -0.304. The summed E-state index contributed by atoms with van der Waals surface area (Å²) in [6.07, 6.45) is 1.87. The molecule has 0 atom stereocenters. The fraction of sp³-hybridized carbons (Fsp3) is 0.0800. The number of benzene rings is 2. The molecule has 0 aliphatic rings. The van der Waals surface area contributed by atoms with E-state index in [4.69, 9.17) is 11.0 Å². The van der Waals surface area contributed by atoms with Gasteiger partial charge in [0.25, 0.3) is 5.91 Å². The number of carbonyl (C=O) groups excluding carboxylic acids is 1. The number of nitrogens with zero attached hydrogens (tertiary/aromatic N) is 5. The van der Waals surface area contributed by atoms with Gasteiger partial charge in [0.05, 0.1) is 23.0 Å². The van der Waals surface area contributed by atoms with Crippen LogP contribution in [0.3, 0.4) is 0 Å². The van der Waals surface area contributed by atoms with Gasteiger partial charge in [-0.2, -0.15) is 10.4 Å². The molecule has 0 saturated heterocycles. The third-order valence-corrected chi connectivity index (χ3v) is 6.25. The van der Waals surface area contributed by atoms with E-state index >= 15 is 0 Å². The first-order chi connectivity index (χ1) is 17.5. The van der Waals surface area contributed by atoms with Gasteiger partial charge in [-0.25, -0.2) is 9.50 Å². The van der Waals surface area contributed by atoms with Crippen molar-refractivity contribution in [1.82, 2.24) is 24.8 Å². The van der Waals surface area contributed by atoms with Crippen LogP contribution in [-0.2, 0) is 5.75 Å². The summed E-state index contributed by atoms with van der Waals surface area (Å²) in [5.41, 5.74) is 10.4. The van der Waals surface area contributed by atoms with E-state index < -0.39 is 0 Å². The molecule has 5 aromatic rings. The summed E-state index contributed by atoms with van der Waals surface area (Å²) >= 11 is 1.49. The molecule has 1 amide bonds.